The molecule has 1 aromatic rings. The Bertz CT molecular complexity index is 681. The average Bonchev–Trinajstić information content (AvgIpc) is 3.08. The highest BCUT2D eigenvalue weighted by molar-refractivity contribution is 6.05. The average molecular weight is 347 g/mol. The number of hydrogen-bond donors (Lipinski definition) is 0. The van der Waals surface area contributed by atoms with Gasteiger partial charge in [0.1, 0.15) is 6.04 Å². The van der Waals surface area contributed by atoms with E-state index in [1.165, 1.54) is 11.2 Å². The maximum absolute atomic E-state index is 12.8. The molecule has 136 valence electrons. The molecule has 0 spiro atoms. The summed E-state index contributed by atoms with van der Waals surface area (Å²) < 4.78 is 5.22. The number of rotatable bonds is 3. The van der Waals surface area contributed by atoms with Crippen molar-refractivity contribution in [3.05, 3.63) is 24.2 Å². The molecule has 3 rings (SSSR count). The van der Waals surface area contributed by atoms with Crippen LogP contribution in [-0.2, 0) is 4.79 Å². The number of furan rings is 1. The van der Waals surface area contributed by atoms with Gasteiger partial charge in [-0.05, 0) is 18.1 Å². The van der Waals surface area contributed by atoms with Crippen molar-refractivity contribution in [3.63, 3.8) is 0 Å². The van der Waals surface area contributed by atoms with Gasteiger partial charge in [-0.15, -0.1) is 0 Å². The number of hydrogen-bond acceptors (Lipinski definition) is 4. The van der Waals surface area contributed by atoms with Crippen LogP contribution in [0.3, 0.4) is 0 Å². The Hall–Kier alpha value is -2.31. The zero-order chi connectivity index (χ0) is 18.4. The van der Waals surface area contributed by atoms with E-state index in [1.807, 2.05) is 27.7 Å². The molecule has 2 fully saturated rings. The molecule has 1 atom stereocenters. The lowest BCUT2D eigenvalue weighted by molar-refractivity contribution is -0.128. The first-order valence-electron chi connectivity index (χ1n) is 8.64. The van der Waals surface area contributed by atoms with Crippen LogP contribution in [0.25, 0.3) is 0 Å². The number of carbonyl (C=O) groups excluding carboxylic acids is 3. The third kappa shape index (κ3) is 3.27. The summed E-state index contributed by atoms with van der Waals surface area (Å²) in [5.74, 6) is -0.0125. The van der Waals surface area contributed by atoms with E-state index in [0.29, 0.717) is 19.6 Å². The molecule has 7 heteroatoms. The van der Waals surface area contributed by atoms with Crippen LogP contribution < -0.4 is 0 Å². The molecule has 4 amide bonds. The fourth-order valence-electron chi connectivity index (χ4n) is 3.60. The summed E-state index contributed by atoms with van der Waals surface area (Å²) in [6.07, 6.45) is 1.46. The molecular formula is C18H25N3O4. The molecule has 0 aliphatic carbocycles. The number of nitrogens with zero attached hydrogens (tertiary/aromatic N) is 3. The second kappa shape index (κ2) is 6.20. The van der Waals surface area contributed by atoms with Gasteiger partial charge in [0.15, 0.2) is 5.76 Å². The van der Waals surface area contributed by atoms with Gasteiger partial charge >= 0.3 is 6.03 Å². The lowest BCUT2D eigenvalue weighted by Crippen LogP contribution is -2.44. The van der Waals surface area contributed by atoms with Crippen molar-refractivity contribution < 1.29 is 18.8 Å². The van der Waals surface area contributed by atoms with Gasteiger partial charge in [0.25, 0.3) is 11.8 Å². The van der Waals surface area contributed by atoms with Gasteiger partial charge < -0.3 is 14.2 Å². The zero-order valence-electron chi connectivity index (χ0n) is 15.2. The summed E-state index contributed by atoms with van der Waals surface area (Å²) in [5, 5.41) is 0. The van der Waals surface area contributed by atoms with E-state index in [2.05, 4.69) is 0 Å². The molecular weight excluding hydrogens is 322 g/mol. The third-order valence-electron chi connectivity index (χ3n) is 4.58. The topological polar surface area (TPSA) is 74.1 Å². The second-order valence-corrected chi connectivity index (χ2v) is 8.10. The summed E-state index contributed by atoms with van der Waals surface area (Å²) in [4.78, 5) is 42.9. The molecule has 0 bridgehead atoms. The predicted octanol–water partition coefficient (Wildman–Crippen LogP) is 2.05. The van der Waals surface area contributed by atoms with Crippen LogP contribution in [0.15, 0.2) is 22.8 Å². The monoisotopic (exact) mass is 347 g/mol. The fourth-order valence-corrected chi connectivity index (χ4v) is 3.60. The summed E-state index contributed by atoms with van der Waals surface area (Å²) in [6, 6.07) is 2.41. The van der Waals surface area contributed by atoms with Crippen LogP contribution in [-0.4, -0.2) is 64.8 Å². The molecule has 0 saturated carbocycles. The lowest BCUT2D eigenvalue weighted by Gasteiger charge is -2.30. The quantitative estimate of drug-likeness (QED) is 0.785. The Morgan fingerprint density at radius 2 is 2.04 bits per heavy atom. The Labute approximate surface area is 147 Å². The summed E-state index contributed by atoms with van der Waals surface area (Å²) >= 11 is 0. The van der Waals surface area contributed by atoms with E-state index in [-0.39, 0.29) is 41.5 Å². The van der Waals surface area contributed by atoms with Crippen LogP contribution in [0.5, 0.6) is 0 Å². The Kier molecular flexibility index (Phi) is 4.34. The highest BCUT2D eigenvalue weighted by Crippen LogP contribution is 2.31. The normalized spacial score (nSPS) is 23.2. The Morgan fingerprint density at radius 3 is 2.64 bits per heavy atom. The SMILES string of the molecule is CC(C)CN1C(=O)C2CN(C(=O)c3ccco3)CC(C)(C)CN2C1=O. The first-order valence-corrected chi connectivity index (χ1v) is 8.64. The Morgan fingerprint density at radius 1 is 1.32 bits per heavy atom. The van der Waals surface area contributed by atoms with Gasteiger partial charge in [-0.1, -0.05) is 27.7 Å². The van der Waals surface area contributed by atoms with Crippen LogP contribution in [0.4, 0.5) is 4.79 Å². The van der Waals surface area contributed by atoms with Gasteiger partial charge in [-0.25, -0.2) is 4.79 Å². The minimum Gasteiger partial charge on any atom is -0.459 e. The molecule has 0 radical (unpaired) electrons. The Balaban J connectivity index is 1.89. The van der Waals surface area contributed by atoms with Gasteiger partial charge in [-0.3, -0.25) is 14.5 Å². The molecule has 7 nitrogen and oxygen atoms in total. The van der Waals surface area contributed by atoms with E-state index in [4.69, 9.17) is 4.42 Å². The van der Waals surface area contributed by atoms with Gasteiger partial charge in [0.05, 0.1) is 12.8 Å². The molecule has 1 aromatic heterocycles. The van der Waals surface area contributed by atoms with Crippen molar-refractivity contribution in [3.8, 4) is 0 Å². The number of amides is 4. The zero-order valence-corrected chi connectivity index (χ0v) is 15.2. The van der Waals surface area contributed by atoms with Gasteiger partial charge in [0, 0.05) is 25.0 Å². The van der Waals surface area contributed by atoms with Crippen molar-refractivity contribution in [1.29, 1.82) is 0 Å². The maximum Gasteiger partial charge on any atom is 0.327 e. The molecule has 2 aliphatic heterocycles. The number of urea groups is 1. The molecule has 1 unspecified atom stereocenters. The summed E-state index contributed by atoms with van der Waals surface area (Å²) in [5.41, 5.74) is -0.319. The molecule has 25 heavy (non-hydrogen) atoms. The van der Waals surface area contributed by atoms with E-state index < -0.39 is 6.04 Å². The van der Waals surface area contributed by atoms with Crippen LogP contribution >= 0.6 is 0 Å². The summed E-state index contributed by atoms with van der Waals surface area (Å²) in [6.45, 7) is 9.45. The minimum atomic E-state index is -0.619. The molecule has 0 aromatic carbocycles. The summed E-state index contributed by atoms with van der Waals surface area (Å²) in [7, 11) is 0. The van der Waals surface area contributed by atoms with Crippen molar-refractivity contribution in [2.75, 3.05) is 26.2 Å². The van der Waals surface area contributed by atoms with Gasteiger partial charge in [-0.2, -0.15) is 0 Å². The first kappa shape index (κ1) is 17.5. The molecule has 3 heterocycles. The smallest absolute Gasteiger partial charge is 0.327 e. The second-order valence-electron chi connectivity index (χ2n) is 8.10. The number of imide groups is 1. The highest BCUT2D eigenvalue weighted by atomic mass is 16.3. The van der Waals surface area contributed by atoms with Crippen LogP contribution in [0.2, 0.25) is 0 Å². The van der Waals surface area contributed by atoms with Crippen molar-refractivity contribution >= 4 is 17.8 Å². The van der Waals surface area contributed by atoms with E-state index in [9.17, 15) is 14.4 Å². The first-order chi connectivity index (χ1) is 11.7. The van der Waals surface area contributed by atoms with Crippen molar-refractivity contribution in [2.24, 2.45) is 11.3 Å². The lowest BCUT2D eigenvalue weighted by atomic mass is 9.92. The van der Waals surface area contributed by atoms with Crippen LogP contribution in [0, 0.1) is 11.3 Å². The number of fused-ring (bicyclic) bond motifs is 1. The maximum atomic E-state index is 12.8. The highest BCUT2D eigenvalue weighted by Gasteiger charge is 2.50. The minimum absolute atomic E-state index is 0.197. The van der Waals surface area contributed by atoms with Crippen molar-refractivity contribution in [2.45, 2.75) is 33.7 Å². The molecule has 2 aliphatic rings. The standard InChI is InChI=1S/C18H25N3O4/c1-12(2)8-20-15(22)13-9-19(16(23)14-6-5-7-25-14)10-18(3,4)11-21(13)17(20)24/h5-7,12-13H,8-11H2,1-4H3. The third-order valence-corrected chi connectivity index (χ3v) is 4.58. The van der Waals surface area contributed by atoms with E-state index in [0.717, 1.165) is 0 Å². The van der Waals surface area contributed by atoms with Gasteiger partial charge in [0.2, 0.25) is 0 Å². The molecule has 2 saturated heterocycles. The van der Waals surface area contributed by atoms with Crippen molar-refractivity contribution in [1.82, 2.24) is 14.7 Å². The fraction of sp³-hybridized carbons (Fsp3) is 0.611. The number of carbonyl (C=O) groups is 3. The predicted molar refractivity (Wildman–Crippen MR) is 90.8 cm³/mol. The van der Waals surface area contributed by atoms with Crippen LogP contribution in [0.1, 0.15) is 38.2 Å². The largest absolute Gasteiger partial charge is 0.459 e. The molecule has 0 N–H and O–H groups in total. The van der Waals surface area contributed by atoms with E-state index in [1.54, 1.807) is 21.9 Å². The van der Waals surface area contributed by atoms with E-state index >= 15 is 0 Å².